The number of rotatable bonds is 1. The van der Waals surface area contributed by atoms with Gasteiger partial charge >= 0.3 is 6.18 Å². The van der Waals surface area contributed by atoms with Crippen molar-refractivity contribution >= 4 is 11.9 Å². The summed E-state index contributed by atoms with van der Waals surface area (Å²) in [7, 11) is 0. The fraction of sp³-hybridized carbons (Fsp3) is 0.500. The van der Waals surface area contributed by atoms with E-state index >= 15 is 0 Å². The molecule has 94 valence electrons. The monoisotopic (exact) mass is 261 g/mol. The molecule has 0 saturated heterocycles. The molecule has 2 rings (SSSR count). The van der Waals surface area contributed by atoms with Gasteiger partial charge < -0.3 is 0 Å². The van der Waals surface area contributed by atoms with Crippen LogP contribution >= 0.6 is 11.9 Å². The van der Waals surface area contributed by atoms with Crippen molar-refractivity contribution in [3.05, 3.63) is 29.3 Å². The van der Waals surface area contributed by atoms with Crippen LogP contribution in [0, 0.1) is 6.92 Å². The third-order valence-electron chi connectivity index (χ3n) is 2.97. The fourth-order valence-corrected chi connectivity index (χ4v) is 3.04. The quantitative estimate of drug-likeness (QED) is 0.766. The summed E-state index contributed by atoms with van der Waals surface area (Å²) in [4.78, 5) is 0.906. The maximum atomic E-state index is 12.6. The van der Waals surface area contributed by atoms with Crippen molar-refractivity contribution < 1.29 is 13.2 Å². The van der Waals surface area contributed by atoms with Crippen molar-refractivity contribution in [2.24, 2.45) is 0 Å². The SMILES string of the molecule is Cc1ccc2c(c1)C(CC(F)(F)F)C(C)NS2. The summed E-state index contributed by atoms with van der Waals surface area (Å²) in [6.07, 6.45) is -4.89. The molecule has 1 aliphatic heterocycles. The predicted octanol–water partition coefficient (Wildman–Crippen LogP) is 4.03. The Morgan fingerprint density at radius 2 is 2.06 bits per heavy atom. The first-order chi connectivity index (χ1) is 7.87. The molecular weight excluding hydrogens is 247 g/mol. The third kappa shape index (κ3) is 2.96. The zero-order valence-corrected chi connectivity index (χ0v) is 10.5. The second-order valence-electron chi connectivity index (χ2n) is 4.48. The Bertz CT molecular complexity index is 417. The van der Waals surface area contributed by atoms with Crippen LogP contribution in [-0.2, 0) is 0 Å². The van der Waals surface area contributed by atoms with Crippen LogP contribution in [-0.4, -0.2) is 12.2 Å². The van der Waals surface area contributed by atoms with Gasteiger partial charge in [0, 0.05) is 16.9 Å². The number of hydrogen-bond acceptors (Lipinski definition) is 2. The number of benzene rings is 1. The minimum Gasteiger partial charge on any atom is -0.256 e. The Balaban J connectivity index is 2.35. The van der Waals surface area contributed by atoms with E-state index < -0.39 is 18.5 Å². The Morgan fingerprint density at radius 1 is 1.35 bits per heavy atom. The summed E-state index contributed by atoms with van der Waals surface area (Å²) in [6, 6.07) is 5.51. The second-order valence-corrected chi connectivity index (χ2v) is 5.36. The molecule has 1 nitrogen and oxygen atoms in total. The van der Waals surface area contributed by atoms with Gasteiger partial charge in [0.05, 0.1) is 6.42 Å². The Kier molecular flexibility index (Phi) is 3.41. The topological polar surface area (TPSA) is 12.0 Å². The number of alkyl halides is 3. The van der Waals surface area contributed by atoms with Gasteiger partial charge in [-0.2, -0.15) is 13.2 Å². The van der Waals surface area contributed by atoms with E-state index in [1.807, 2.05) is 25.1 Å². The Morgan fingerprint density at radius 3 is 2.71 bits per heavy atom. The number of fused-ring (bicyclic) bond motifs is 1. The highest BCUT2D eigenvalue weighted by atomic mass is 32.2. The predicted molar refractivity (Wildman–Crippen MR) is 63.0 cm³/mol. The van der Waals surface area contributed by atoms with Crippen molar-refractivity contribution in [3.63, 3.8) is 0 Å². The first kappa shape index (κ1) is 12.8. The normalized spacial score (nSPS) is 24.5. The van der Waals surface area contributed by atoms with Crippen molar-refractivity contribution in [2.75, 3.05) is 0 Å². The lowest BCUT2D eigenvalue weighted by Gasteiger charge is -2.32. The van der Waals surface area contributed by atoms with Crippen LogP contribution in [0.15, 0.2) is 23.1 Å². The minimum atomic E-state index is -4.12. The highest BCUT2D eigenvalue weighted by molar-refractivity contribution is 7.97. The molecule has 1 aromatic rings. The molecule has 2 unspecified atom stereocenters. The van der Waals surface area contributed by atoms with E-state index in [2.05, 4.69) is 4.72 Å². The molecule has 0 bridgehead atoms. The summed E-state index contributed by atoms with van der Waals surface area (Å²) in [5, 5.41) is 0. The molecule has 1 aliphatic rings. The van der Waals surface area contributed by atoms with Gasteiger partial charge in [0.1, 0.15) is 0 Å². The molecule has 0 radical (unpaired) electrons. The highest BCUT2D eigenvalue weighted by Gasteiger charge is 2.37. The van der Waals surface area contributed by atoms with Crippen LogP contribution in [0.5, 0.6) is 0 Å². The van der Waals surface area contributed by atoms with Crippen molar-refractivity contribution in [1.82, 2.24) is 4.72 Å². The molecule has 0 amide bonds. The van der Waals surface area contributed by atoms with Gasteiger partial charge in [-0.15, -0.1) is 0 Å². The maximum Gasteiger partial charge on any atom is 0.389 e. The van der Waals surface area contributed by atoms with E-state index in [0.29, 0.717) is 0 Å². The van der Waals surface area contributed by atoms with Gasteiger partial charge in [0.25, 0.3) is 0 Å². The standard InChI is InChI=1S/C12H14F3NS/c1-7-3-4-11-9(5-7)10(6-12(13,14)15)8(2)16-17-11/h3-5,8,10,16H,6H2,1-2H3. The van der Waals surface area contributed by atoms with E-state index in [0.717, 1.165) is 16.0 Å². The number of aryl methyl sites for hydroxylation is 1. The number of nitrogens with one attached hydrogen (secondary N) is 1. The van der Waals surface area contributed by atoms with Crippen LogP contribution in [0.4, 0.5) is 13.2 Å². The zero-order chi connectivity index (χ0) is 12.6. The number of hydrogen-bond donors (Lipinski definition) is 1. The lowest BCUT2D eigenvalue weighted by atomic mass is 9.88. The van der Waals surface area contributed by atoms with E-state index in [1.165, 1.54) is 11.9 Å². The van der Waals surface area contributed by atoms with E-state index in [1.54, 1.807) is 6.92 Å². The Hall–Kier alpha value is -0.680. The van der Waals surface area contributed by atoms with Crippen molar-refractivity contribution in [1.29, 1.82) is 0 Å². The molecule has 17 heavy (non-hydrogen) atoms. The molecule has 1 aromatic carbocycles. The maximum absolute atomic E-state index is 12.6. The van der Waals surface area contributed by atoms with Crippen LogP contribution in [0.25, 0.3) is 0 Å². The summed E-state index contributed by atoms with van der Waals surface area (Å²) >= 11 is 1.42. The molecule has 0 fully saturated rings. The first-order valence-corrected chi connectivity index (χ1v) is 6.28. The minimum absolute atomic E-state index is 0.170. The van der Waals surface area contributed by atoms with Crippen LogP contribution in [0.2, 0.25) is 0 Å². The summed E-state index contributed by atoms with van der Waals surface area (Å²) in [6.45, 7) is 3.71. The molecule has 0 aliphatic carbocycles. The lowest BCUT2D eigenvalue weighted by molar-refractivity contribution is -0.140. The summed E-state index contributed by atoms with van der Waals surface area (Å²) in [5.41, 5.74) is 1.82. The smallest absolute Gasteiger partial charge is 0.256 e. The summed E-state index contributed by atoms with van der Waals surface area (Å²) < 4.78 is 40.8. The average molecular weight is 261 g/mol. The van der Waals surface area contributed by atoms with E-state index in [-0.39, 0.29) is 6.04 Å². The highest BCUT2D eigenvalue weighted by Crippen LogP contribution is 2.41. The van der Waals surface area contributed by atoms with Gasteiger partial charge in [-0.25, -0.2) is 0 Å². The van der Waals surface area contributed by atoms with Gasteiger partial charge in [0.15, 0.2) is 0 Å². The average Bonchev–Trinajstić information content (AvgIpc) is 2.21. The van der Waals surface area contributed by atoms with Crippen molar-refractivity contribution in [3.8, 4) is 0 Å². The molecule has 5 heteroatoms. The molecule has 0 saturated carbocycles. The number of halogens is 3. The second kappa shape index (κ2) is 4.53. The van der Waals surface area contributed by atoms with E-state index in [9.17, 15) is 13.2 Å². The molecule has 2 atom stereocenters. The summed E-state index contributed by atoms with van der Waals surface area (Å²) in [5.74, 6) is -0.494. The third-order valence-corrected chi connectivity index (χ3v) is 4.06. The molecule has 0 aromatic heterocycles. The largest absolute Gasteiger partial charge is 0.389 e. The lowest BCUT2D eigenvalue weighted by Crippen LogP contribution is -2.34. The molecule has 0 spiro atoms. The van der Waals surface area contributed by atoms with Gasteiger partial charge in [-0.3, -0.25) is 4.72 Å². The first-order valence-electron chi connectivity index (χ1n) is 5.46. The molecule has 1 N–H and O–H groups in total. The fourth-order valence-electron chi connectivity index (χ4n) is 2.09. The van der Waals surface area contributed by atoms with Crippen LogP contribution in [0.1, 0.15) is 30.4 Å². The van der Waals surface area contributed by atoms with Crippen molar-refractivity contribution in [2.45, 2.75) is 43.3 Å². The zero-order valence-electron chi connectivity index (χ0n) is 9.64. The van der Waals surface area contributed by atoms with Gasteiger partial charge in [-0.1, -0.05) is 17.7 Å². The Labute approximate surface area is 103 Å². The molecule has 1 heterocycles. The van der Waals surface area contributed by atoms with Crippen LogP contribution < -0.4 is 4.72 Å². The van der Waals surface area contributed by atoms with Gasteiger partial charge in [-0.05, 0) is 37.4 Å². The van der Waals surface area contributed by atoms with E-state index in [4.69, 9.17) is 0 Å². The molecular formula is C12H14F3NS. The van der Waals surface area contributed by atoms with Crippen LogP contribution in [0.3, 0.4) is 0 Å². The van der Waals surface area contributed by atoms with Gasteiger partial charge in [0.2, 0.25) is 0 Å².